The molecular weight excluding hydrogens is 380 g/mol. The highest BCUT2D eigenvalue weighted by molar-refractivity contribution is 5.97. The second-order valence-electron chi connectivity index (χ2n) is 8.01. The van der Waals surface area contributed by atoms with E-state index >= 15 is 0 Å². The van der Waals surface area contributed by atoms with E-state index in [-0.39, 0.29) is 35.7 Å². The molecule has 3 aliphatic rings. The minimum atomic E-state index is -0.684. The van der Waals surface area contributed by atoms with Crippen LogP contribution < -0.4 is 10.7 Å². The normalized spacial score (nSPS) is 24.4. The van der Waals surface area contributed by atoms with Crippen LogP contribution in [-0.4, -0.2) is 33.4 Å². The van der Waals surface area contributed by atoms with Crippen molar-refractivity contribution < 1.29 is 18.4 Å². The number of rotatable bonds is 3. The number of amides is 2. The number of pyridine rings is 1. The van der Waals surface area contributed by atoms with Crippen LogP contribution in [0.3, 0.4) is 0 Å². The van der Waals surface area contributed by atoms with Crippen molar-refractivity contribution in [2.24, 2.45) is 5.92 Å². The van der Waals surface area contributed by atoms with Gasteiger partial charge in [-0.25, -0.2) is 8.78 Å². The summed E-state index contributed by atoms with van der Waals surface area (Å²) in [6.45, 7) is 0.310. The van der Waals surface area contributed by atoms with Crippen LogP contribution in [0.4, 0.5) is 8.78 Å². The molecule has 2 aromatic rings. The molecule has 2 bridgehead atoms. The van der Waals surface area contributed by atoms with Crippen LogP contribution in [0.2, 0.25) is 0 Å². The molecule has 1 saturated carbocycles. The summed E-state index contributed by atoms with van der Waals surface area (Å²) in [4.78, 5) is 39.8. The molecule has 1 N–H and O–H groups in total. The number of hydrogen-bond acceptors (Lipinski definition) is 3. The first-order valence-electron chi connectivity index (χ1n) is 9.71. The molecule has 150 valence electrons. The number of benzene rings is 1. The molecule has 5 rings (SSSR count). The highest BCUT2D eigenvalue weighted by atomic mass is 19.1. The lowest BCUT2D eigenvalue weighted by molar-refractivity contribution is 0.0488. The number of halogens is 2. The highest BCUT2D eigenvalue weighted by Crippen LogP contribution is 2.45. The van der Waals surface area contributed by atoms with E-state index in [0.29, 0.717) is 18.2 Å². The topological polar surface area (TPSA) is 71.4 Å². The number of fused-ring (bicyclic) bond motifs is 6. The zero-order valence-corrected chi connectivity index (χ0v) is 15.5. The molecule has 29 heavy (non-hydrogen) atoms. The second kappa shape index (κ2) is 6.50. The van der Waals surface area contributed by atoms with E-state index in [1.807, 2.05) is 4.90 Å². The lowest BCUT2D eigenvalue weighted by Gasteiger charge is -2.40. The van der Waals surface area contributed by atoms with Crippen LogP contribution in [0, 0.1) is 17.6 Å². The lowest BCUT2D eigenvalue weighted by Crippen LogP contribution is -2.52. The van der Waals surface area contributed by atoms with Gasteiger partial charge in [-0.15, -0.1) is 0 Å². The summed E-state index contributed by atoms with van der Waals surface area (Å²) < 4.78 is 28.7. The number of nitrogens with zero attached hydrogens (tertiary/aromatic N) is 2. The van der Waals surface area contributed by atoms with Crippen molar-refractivity contribution in [3.63, 3.8) is 0 Å². The smallest absolute Gasteiger partial charge is 0.271 e. The Morgan fingerprint density at radius 1 is 1.17 bits per heavy atom. The lowest BCUT2D eigenvalue weighted by atomic mass is 9.96. The summed E-state index contributed by atoms with van der Waals surface area (Å²) >= 11 is 0. The van der Waals surface area contributed by atoms with E-state index in [0.717, 1.165) is 37.5 Å². The zero-order chi connectivity index (χ0) is 20.3. The molecule has 2 amide bonds. The molecule has 6 nitrogen and oxygen atoms in total. The summed E-state index contributed by atoms with van der Waals surface area (Å²) in [6, 6.07) is 4.54. The fraction of sp³-hybridized carbons (Fsp3) is 0.381. The Kier molecular flexibility index (Phi) is 4.04. The molecule has 3 unspecified atom stereocenters. The van der Waals surface area contributed by atoms with Crippen LogP contribution >= 0.6 is 0 Å². The fourth-order valence-electron chi connectivity index (χ4n) is 5.01. The summed E-state index contributed by atoms with van der Waals surface area (Å²) in [7, 11) is 0. The molecule has 8 heteroatoms. The Balaban J connectivity index is 1.40. The van der Waals surface area contributed by atoms with Crippen molar-refractivity contribution in [3.8, 4) is 0 Å². The van der Waals surface area contributed by atoms with Gasteiger partial charge in [0.2, 0.25) is 0 Å². The molecule has 1 saturated heterocycles. The predicted octanol–water partition coefficient (Wildman–Crippen LogP) is 2.06. The minimum Gasteiger partial charge on any atom is -0.348 e. The average Bonchev–Trinajstić information content (AvgIpc) is 3.31. The summed E-state index contributed by atoms with van der Waals surface area (Å²) in [6.07, 6.45) is 4.52. The number of hydrogen-bond donors (Lipinski definition) is 1. The first-order chi connectivity index (χ1) is 13.9. The van der Waals surface area contributed by atoms with E-state index in [9.17, 15) is 23.2 Å². The van der Waals surface area contributed by atoms with Gasteiger partial charge in [-0.05, 0) is 43.4 Å². The third-order valence-corrected chi connectivity index (χ3v) is 6.40. The van der Waals surface area contributed by atoms with E-state index in [4.69, 9.17) is 0 Å². The molecule has 0 radical (unpaired) electrons. The predicted molar refractivity (Wildman–Crippen MR) is 99.3 cm³/mol. The molecule has 3 atom stereocenters. The molecule has 1 aliphatic carbocycles. The van der Waals surface area contributed by atoms with Gasteiger partial charge in [-0.1, -0.05) is 0 Å². The maximum Gasteiger partial charge on any atom is 0.271 e. The van der Waals surface area contributed by atoms with Crippen LogP contribution in [0.5, 0.6) is 0 Å². The van der Waals surface area contributed by atoms with E-state index in [2.05, 4.69) is 5.32 Å². The Morgan fingerprint density at radius 3 is 2.83 bits per heavy atom. The van der Waals surface area contributed by atoms with Gasteiger partial charge in [-0.2, -0.15) is 0 Å². The number of carbonyl (C=O) groups is 2. The SMILES string of the molecule is O=C(NCc1cc(F)ccc1F)c1cn2c(cc1=O)C(=O)N1C3CCC(C3)C1C2. The van der Waals surface area contributed by atoms with Crippen molar-refractivity contribution in [2.45, 2.75) is 44.4 Å². The van der Waals surface area contributed by atoms with Gasteiger partial charge in [0.05, 0.1) is 6.04 Å². The standard InChI is InChI=1S/C21H19F2N3O3/c22-13-2-4-16(23)12(5-13)8-24-20(28)15-9-25-10-18-11-1-3-14(6-11)26(18)21(29)17(25)7-19(15)27/h2,4-5,7,9,11,14,18H,1,3,6,8,10H2,(H,24,28). The van der Waals surface area contributed by atoms with Gasteiger partial charge in [-0.3, -0.25) is 14.4 Å². The Labute approximate surface area is 165 Å². The fourth-order valence-corrected chi connectivity index (χ4v) is 5.01. The van der Waals surface area contributed by atoms with Gasteiger partial charge in [0.1, 0.15) is 22.9 Å². The average molecular weight is 399 g/mol. The maximum atomic E-state index is 13.7. The Hall–Kier alpha value is -3.03. The van der Waals surface area contributed by atoms with Crippen LogP contribution in [0.1, 0.15) is 45.7 Å². The van der Waals surface area contributed by atoms with E-state index in [1.165, 1.54) is 12.3 Å². The molecule has 0 spiro atoms. The van der Waals surface area contributed by atoms with Gasteiger partial charge in [0, 0.05) is 37.0 Å². The van der Waals surface area contributed by atoms with Crippen molar-refractivity contribution in [3.05, 3.63) is 69.1 Å². The van der Waals surface area contributed by atoms with Crippen LogP contribution in [-0.2, 0) is 13.1 Å². The molecule has 1 aromatic heterocycles. The first kappa shape index (κ1) is 18.0. The van der Waals surface area contributed by atoms with Crippen LogP contribution in [0.15, 0.2) is 35.3 Å². The molecule has 3 heterocycles. The van der Waals surface area contributed by atoms with Crippen molar-refractivity contribution >= 4 is 11.8 Å². The van der Waals surface area contributed by atoms with Gasteiger partial charge >= 0.3 is 0 Å². The van der Waals surface area contributed by atoms with Gasteiger partial charge in [0.15, 0.2) is 5.43 Å². The van der Waals surface area contributed by atoms with Crippen molar-refractivity contribution in [1.29, 1.82) is 0 Å². The minimum absolute atomic E-state index is 0.00999. The third-order valence-electron chi connectivity index (χ3n) is 6.40. The van der Waals surface area contributed by atoms with Gasteiger partial charge < -0.3 is 14.8 Å². The number of nitrogens with one attached hydrogen (secondary N) is 1. The van der Waals surface area contributed by atoms with Crippen molar-refractivity contribution in [2.75, 3.05) is 0 Å². The quantitative estimate of drug-likeness (QED) is 0.859. The summed E-state index contributed by atoms with van der Waals surface area (Å²) in [5, 5.41) is 2.46. The zero-order valence-electron chi connectivity index (χ0n) is 15.5. The first-order valence-corrected chi connectivity index (χ1v) is 9.71. The molecular formula is C21H19F2N3O3. The Bertz CT molecular complexity index is 1100. The number of aromatic nitrogens is 1. The van der Waals surface area contributed by atoms with Crippen LogP contribution in [0.25, 0.3) is 0 Å². The summed E-state index contributed by atoms with van der Waals surface area (Å²) in [5.74, 6) is -1.63. The highest BCUT2D eigenvalue weighted by Gasteiger charge is 2.50. The third kappa shape index (κ3) is 2.85. The monoisotopic (exact) mass is 399 g/mol. The molecule has 2 aliphatic heterocycles. The van der Waals surface area contributed by atoms with E-state index < -0.39 is 23.0 Å². The maximum absolute atomic E-state index is 13.7. The summed E-state index contributed by atoms with van der Waals surface area (Å²) in [5.41, 5.74) is -0.393. The van der Waals surface area contributed by atoms with Crippen molar-refractivity contribution in [1.82, 2.24) is 14.8 Å². The van der Waals surface area contributed by atoms with E-state index in [1.54, 1.807) is 4.57 Å². The molecule has 1 aromatic carbocycles. The largest absolute Gasteiger partial charge is 0.348 e. The number of piperidine rings is 1. The second-order valence-corrected chi connectivity index (χ2v) is 8.01. The molecule has 2 fully saturated rings. The van der Waals surface area contributed by atoms with Gasteiger partial charge in [0.25, 0.3) is 11.8 Å². The Morgan fingerprint density at radius 2 is 2.00 bits per heavy atom. The number of carbonyl (C=O) groups excluding carboxylic acids is 2.